The van der Waals surface area contributed by atoms with Gasteiger partial charge in [0.05, 0.1) is 24.9 Å². The van der Waals surface area contributed by atoms with Gasteiger partial charge in [-0.15, -0.1) is 0 Å². The Morgan fingerprint density at radius 1 is 1.35 bits per heavy atom. The molecule has 0 amide bonds. The quantitative estimate of drug-likeness (QED) is 0.258. The molecule has 3 rings (SSSR count). The maximum atomic E-state index is 13.7. The molecule has 1 unspecified atom stereocenters. The van der Waals surface area contributed by atoms with Crippen molar-refractivity contribution in [2.75, 3.05) is 13.2 Å². The molecule has 1 aliphatic heterocycles. The zero-order valence-corrected chi connectivity index (χ0v) is 22.9. The molecule has 0 aliphatic carbocycles. The molecule has 202 valence electrons. The number of carbonyl (C=O) groups excluding carboxylic acids is 1. The highest BCUT2D eigenvalue weighted by molar-refractivity contribution is 9.11. The molecule has 1 saturated heterocycles. The third kappa shape index (κ3) is 7.50. The molecule has 1 aromatic carbocycles. The van der Waals surface area contributed by atoms with E-state index in [-0.39, 0.29) is 24.3 Å². The van der Waals surface area contributed by atoms with Crippen molar-refractivity contribution in [2.45, 2.75) is 51.2 Å². The molecule has 1 fully saturated rings. The maximum absolute atomic E-state index is 13.7. The van der Waals surface area contributed by atoms with Crippen molar-refractivity contribution >= 4 is 35.7 Å². The summed E-state index contributed by atoms with van der Waals surface area (Å²) in [5.41, 5.74) is -2.54. The summed E-state index contributed by atoms with van der Waals surface area (Å²) in [5, 5.41) is 13.2. The van der Waals surface area contributed by atoms with Gasteiger partial charge in [0, 0.05) is 12.6 Å². The fourth-order valence-corrected chi connectivity index (χ4v) is 5.48. The summed E-state index contributed by atoms with van der Waals surface area (Å²) in [6.07, 6.45) is -0.250. The lowest BCUT2D eigenvalue weighted by molar-refractivity contribution is -0.149. The lowest BCUT2D eigenvalue weighted by atomic mass is 10.1. The van der Waals surface area contributed by atoms with E-state index >= 15 is 0 Å². The fourth-order valence-electron chi connectivity index (χ4n) is 3.51. The maximum Gasteiger partial charge on any atom is 0.459 e. The highest BCUT2D eigenvalue weighted by Gasteiger charge is 2.43. The Bertz CT molecular complexity index is 1280. The fraction of sp³-hybridized carbons (Fsp3) is 0.435. The van der Waals surface area contributed by atoms with Crippen LogP contribution in [0.25, 0.3) is 6.08 Å². The van der Waals surface area contributed by atoms with Gasteiger partial charge in [0.15, 0.2) is 0 Å². The van der Waals surface area contributed by atoms with Crippen LogP contribution in [0.2, 0.25) is 0 Å². The molecule has 37 heavy (non-hydrogen) atoms. The molecule has 0 spiro atoms. The number of nitrogens with one attached hydrogen (secondary N) is 2. The van der Waals surface area contributed by atoms with E-state index in [4.69, 9.17) is 18.5 Å². The second-order valence-electron chi connectivity index (χ2n) is 8.63. The molecule has 2 heterocycles. The summed E-state index contributed by atoms with van der Waals surface area (Å²) in [4.78, 5) is 40.4. The normalized spacial score (nSPS) is 21.6. The van der Waals surface area contributed by atoms with E-state index in [9.17, 15) is 24.1 Å². The first-order chi connectivity index (χ1) is 17.5. The smallest absolute Gasteiger partial charge is 0.459 e. The monoisotopic (exact) mass is 601 g/mol. The van der Waals surface area contributed by atoms with E-state index < -0.39 is 55.5 Å². The van der Waals surface area contributed by atoms with Gasteiger partial charge in [0.1, 0.15) is 23.6 Å². The van der Waals surface area contributed by atoms with Crippen LogP contribution < -0.4 is 20.9 Å². The number of esters is 1. The van der Waals surface area contributed by atoms with Crippen molar-refractivity contribution in [2.24, 2.45) is 0 Å². The molecule has 14 heteroatoms. The molecule has 0 radical (unpaired) electrons. The van der Waals surface area contributed by atoms with Crippen molar-refractivity contribution in [3.05, 3.63) is 67.9 Å². The van der Waals surface area contributed by atoms with Crippen molar-refractivity contribution in [3.63, 3.8) is 0 Å². The predicted octanol–water partition coefficient (Wildman–Crippen LogP) is 2.69. The average molecular weight is 602 g/mol. The second-order valence-corrected chi connectivity index (χ2v) is 10.8. The van der Waals surface area contributed by atoms with E-state index in [1.165, 1.54) is 31.1 Å². The van der Waals surface area contributed by atoms with Gasteiger partial charge < -0.3 is 19.1 Å². The SMILES string of the molecule is CCOC(=O)C(C)(C)NP(=O)(OC[C@H]1O[C@@H](n2cc(/C=C/Br)c(=O)[nH]c2=O)C[C@H]1O)Oc1ccccc1. The highest BCUT2D eigenvalue weighted by atomic mass is 79.9. The zero-order chi connectivity index (χ0) is 27.2. The van der Waals surface area contributed by atoms with E-state index in [1.54, 1.807) is 37.3 Å². The minimum absolute atomic E-state index is 0.00301. The Balaban J connectivity index is 1.79. The van der Waals surface area contributed by atoms with Crippen LogP contribution in [0.15, 0.2) is 51.1 Å². The second kappa shape index (κ2) is 12.3. The highest BCUT2D eigenvalue weighted by Crippen LogP contribution is 2.47. The number of hydrogen-bond acceptors (Lipinski definition) is 9. The van der Waals surface area contributed by atoms with Crippen molar-refractivity contribution in [1.29, 1.82) is 0 Å². The number of nitrogens with zero attached hydrogens (tertiary/aromatic N) is 1. The predicted molar refractivity (Wildman–Crippen MR) is 138 cm³/mol. The largest absolute Gasteiger partial charge is 0.465 e. The van der Waals surface area contributed by atoms with Gasteiger partial charge in [0.2, 0.25) is 0 Å². The molecular weight excluding hydrogens is 573 g/mol. The summed E-state index contributed by atoms with van der Waals surface area (Å²) in [6, 6.07) is 8.22. The van der Waals surface area contributed by atoms with Gasteiger partial charge in [-0.1, -0.05) is 34.1 Å². The molecule has 0 saturated carbocycles. The summed E-state index contributed by atoms with van der Waals surface area (Å²) >= 11 is 3.09. The van der Waals surface area contributed by atoms with Crippen molar-refractivity contribution in [1.82, 2.24) is 14.6 Å². The first-order valence-corrected chi connectivity index (χ1v) is 13.9. The van der Waals surface area contributed by atoms with Crippen LogP contribution in [0.3, 0.4) is 0 Å². The molecule has 3 N–H and O–H groups in total. The number of aromatic amines is 1. The average Bonchev–Trinajstić information content (AvgIpc) is 3.20. The Morgan fingerprint density at radius 2 is 2.05 bits per heavy atom. The topological polar surface area (TPSA) is 158 Å². The van der Waals surface area contributed by atoms with Gasteiger partial charge in [-0.25, -0.2) is 9.36 Å². The summed E-state index contributed by atoms with van der Waals surface area (Å²) in [6.45, 7) is 4.30. The third-order valence-corrected chi connectivity index (χ3v) is 7.37. The van der Waals surface area contributed by atoms with Gasteiger partial charge in [0.25, 0.3) is 5.56 Å². The zero-order valence-electron chi connectivity index (χ0n) is 20.5. The number of carbonyl (C=O) groups is 1. The van der Waals surface area contributed by atoms with Crippen LogP contribution >= 0.6 is 23.7 Å². The van der Waals surface area contributed by atoms with E-state index in [2.05, 4.69) is 26.0 Å². The molecule has 12 nitrogen and oxygen atoms in total. The Morgan fingerprint density at radius 3 is 2.70 bits per heavy atom. The number of hydrogen-bond donors (Lipinski definition) is 3. The van der Waals surface area contributed by atoms with Crippen LogP contribution in [-0.2, 0) is 23.4 Å². The van der Waals surface area contributed by atoms with Crippen LogP contribution in [0.5, 0.6) is 5.75 Å². The minimum atomic E-state index is -4.22. The number of aliphatic hydroxyl groups is 1. The summed E-state index contributed by atoms with van der Waals surface area (Å²) in [7, 11) is -4.22. The Hall–Kier alpha value is -2.54. The van der Waals surface area contributed by atoms with Crippen LogP contribution in [0.4, 0.5) is 0 Å². The number of aromatic nitrogens is 2. The molecule has 1 aliphatic rings. The number of benzene rings is 1. The Kier molecular flexibility index (Phi) is 9.68. The molecule has 4 atom stereocenters. The number of halogens is 1. The standard InChI is InChI=1S/C23H29BrN3O9P/c1-4-33-21(30)23(2,3)26-37(32,36-16-8-6-5-7-9-16)34-14-18-17(28)12-19(35-18)27-13-15(10-11-24)20(29)25-22(27)31/h5-11,13,17-19,28H,4,12,14H2,1-3H3,(H,26,32)(H,25,29,31)/b11-10+/t17-,18-,19-,37?/m1/s1. The van der Waals surface area contributed by atoms with Gasteiger partial charge in [-0.2, -0.15) is 5.09 Å². The van der Waals surface area contributed by atoms with Gasteiger partial charge in [-0.3, -0.25) is 23.7 Å². The van der Waals surface area contributed by atoms with Crippen LogP contribution in [0.1, 0.15) is 39.0 Å². The number of aliphatic hydroxyl groups excluding tert-OH is 1. The molecular formula is C23H29BrN3O9P. The van der Waals surface area contributed by atoms with E-state index in [1.807, 2.05) is 0 Å². The summed E-state index contributed by atoms with van der Waals surface area (Å²) < 4.78 is 37.0. The number of para-hydroxylation sites is 1. The third-order valence-electron chi connectivity index (χ3n) is 5.33. The number of ether oxygens (including phenoxy) is 2. The van der Waals surface area contributed by atoms with E-state index in [0.717, 1.165) is 4.57 Å². The molecule has 1 aromatic heterocycles. The molecule has 2 aromatic rings. The van der Waals surface area contributed by atoms with Crippen LogP contribution in [-0.4, -0.2) is 51.6 Å². The van der Waals surface area contributed by atoms with Crippen LogP contribution in [0, 0.1) is 0 Å². The first-order valence-electron chi connectivity index (χ1n) is 11.4. The minimum Gasteiger partial charge on any atom is -0.465 e. The van der Waals surface area contributed by atoms with Gasteiger partial charge in [-0.05, 0) is 44.0 Å². The first kappa shape index (κ1) is 29.0. The number of H-pyrrole nitrogens is 1. The van der Waals surface area contributed by atoms with Crippen molar-refractivity contribution < 1.29 is 33.0 Å². The molecule has 0 bridgehead atoms. The van der Waals surface area contributed by atoms with E-state index in [0.29, 0.717) is 0 Å². The lowest BCUT2D eigenvalue weighted by Crippen LogP contribution is -2.47. The number of rotatable bonds is 11. The summed E-state index contributed by atoms with van der Waals surface area (Å²) in [5.74, 6) is -0.450. The van der Waals surface area contributed by atoms with Gasteiger partial charge >= 0.3 is 19.4 Å². The Labute approximate surface area is 221 Å². The van der Waals surface area contributed by atoms with Crippen molar-refractivity contribution in [3.8, 4) is 5.75 Å². The lowest BCUT2D eigenvalue weighted by Gasteiger charge is -2.29.